The number of fused-ring (bicyclic) bond motifs is 1. The van der Waals surface area contributed by atoms with Crippen molar-refractivity contribution in [1.82, 2.24) is 5.32 Å². The van der Waals surface area contributed by atoms with Crippen molar-refractivity contribution in [1.29, 1.82) is 0 Å². The molecule has 2 N–H and O–H groups in total. The molecule has 1 aliphatic heterocycles. The molecule has 27 heavy (non-hydrogen) atoms. The largest absolute Gasteiger partial charge is 0.479 e. The fourth-order valence-corrected chi connectivity index (χ4v) is 3.13. The van der Waals surface area contributed by atoms with Gasteiger partial charge >= 0.3 is 5.97 Å². The van der Waals surface area contributed by atoms with Gasteiger partial charge in [0.05, 0.1) is 0 Å². The Labute approximate surface area is 155 Å². The lowest BCUT2D eigenvalue weighted by atomic mass is 9.91. The molecular weight excluding hydrogens is 351 g/mol. The van der Waals surface area contributed by atoms with Gasteiger partial charge in [0.15, 0.2) is 5.54 Å². The fourth-order valence-electron chi connectivity index (χ4n) is 3.13. The van der Waals surface area contributed by atoms with Crippen molar-refractivity contribution in [3.63, 3.8) is 0 Å². The van der Waals surface area contributed by atoms with Crippen LogP contribution in [-0.2, 0) is 21.5 Å². The first kappa shape index (κ1) is 18.6. The quantitative estimate of drug-likeness (QED) is 0.866. The summed E-state index contributed by atoms with van der Waals surface area (Å²) in [6, 6.07) is 9.85. The number of nitrogens with zero attached hydrogens (tertiary/aromatic N) is 1. The van der Waals surface area contributed by atoms with Gasteiger partial charge in [-0.2, -0.15) is 0 Å². The Bertz CT molecular complexity index is 926. The first-order valence-corrected chi connectivity index (χ1v) is 8.44. The van der Waals surface area contributed by atoms with Gasteiger partial charge in [0.25, 0.3) is 5.91 Å². The fraction of sp³-hybridized carbons (Fsp3) is 0.250. The topological polar surface area (TPSA) is 86.7 Å². The van der Waals surface area contributed by atoms with E-state index in [-0.39, 0.29) is 11.5 Å². The number of amides is 2. The molecule has 2 aromatic carbocycles. The van der Waals surface area contributed by atoms with Crippen molar-refractivity contribution >= 4 is 23.5 Å². The second kappa shape index (κ2) is 6.83. The highest BCUT2D eigenvalue weighted by molar-refractivity contribution is 6.00. The van der Waals surface area contributed by atoms with Crippen LogP contribution in [0.5, 0.6) is 0 Å². The van der Waals surface area contributed by atoms with Gasteiger partial charge in [0.2, 0.25) is 5.91 Å². The molecule has 3 rings (SSSR count). The molecule has 1 unspecified atom stereocenters. The second-order valence-corrected chi connectivity index (χ2v) is 6.69. The monoisotopic (exact) mass is 370 g/mol. The van der Waals surface area contributed by atoms with E-state index in [9.17, 15) is 23.9 Å². The lowest BCUT2D eigenvalue weighted by molar-refractivity contribution is -0.144. The molecule has 0 saturated heterocycles. The number of carboxylic acids is 1. The van der Waals surface area contributed by atoms with E-state index in [4.69, 9.17) is 0 Å². The van der Waals surface area contributed by atoms with Crippen LogP contribution in [0.1, 0.15) is 34.8 Å². The molecule has 2 aromatic rings. The van der Waals surface area contributed by atoms with E-state index < -0.39 is 23.2 Å². The number of rotatable bonds is 4. The molecule has 1 aliphatic rings. The lowest BCUT2D eigenvalue weighted by Crippen LogP contribution is -2.49. The van der Waals surface area contributed by atoms with Gasteiger partial charge in [-0.05, 0) is 54.8 Å². The highest BCUT2D eigenvalue weighted by atomic mass is 19.1. The summed E-state index contributed by atoms with van der Waals surface area (Å²) in [7, 11) is 1.68. The number of hydrogen-bond acceptors (Lipinski definition) is 3. The van der Waals surface area contributed by atoms with E-state index in [1.54, 1.807) is 30.1 Å². The maximum Gasteiger partial charge on any atom is 0.333 e. The molecule has 0 aliphatic carbocycles. The Kier molecular flexibility index (Phi) is 4.70. The summed E-state index contributed by atoms with van der Waals surface area (Å²) in [5.74, 6) is -2.31. The molecule has 6 nitrogen and oxygen atoms in total. The summed E-state index contributed by atoms with van der Waals surface area (Å²) in [6.07, 6.45) is 0.880. The Hall–Kier alpha value is -3.22. The summed E-state index contributed by atoms with van der Waals surface area (Å²) in [6.45, 7) is 1.35. The molecule has 140 valence electrons. The van der Waals surface area contributed by atoms with E-state index in [1.165, 1.54) is 19.1 Å². The minimum absolute atomic E-state index is 0.00876. The number of halogens is 1. The van der Waals surface area contributed by atoms with Crippen LogP contribution in [0.4, 0.5) is 10.1 Å². The van der Waals surface area contributed by atoms with Crippen LogP contribution in [0, 0.1) is 5.82 Å². The number of benzene rings is 2. The number of carbonyl (C=O) groups is 3. The van der Waals surface area contributed by atoms with Crippen molar-refractivity contribution in [2.24, 2.45) is 0 Å². The van der Waals surface area contributed by atoms with Crippen molar-refractivity contribution < 1.29 is 23.9 Å². The van der Waals surface area contributed by atoms with E-state index in [0.29, 0.717) is 18.4 Å². The average molecular weight is 370 g/mol. The first-order chi connectivity index (χ1) is 12.7. The number of nitrogens with one attached hydrogen (secondary N) is 1. The maximum absolute atomic E-state index is 13.2. The highest BCUT2D eigenvalue weighted by Crippen LogP contribution is 2.28. The van der Waals surface area contributed by atoms with Gasteiger partial charge in [-0.15, -0.1) is 0 Å². The Morgan fingerprint density at radius 2 is 1.81 bits per heavy atom. The number of carboxylic acid groups (broad SMARTS) is 1. The zero-order valence-electron chi connectivity index (χ0n) is 15.0. The van der Waals surface area contributed by atoms with Crippen LogP contribution in [-0.4, -0.2) is 29.9 Å². The third-order valence-corrected chi connectivity index (χ3v) is 4.90. The molecular formula is C20H19FN2O4. The summed E-state index contributed by atoms with van der Waals surface area (Å²) in [4.78, 5) is 37.9. The van der Waals surface area contributed by atoms with Crippen molar-refractivity contribution in [3.8, 4) is 0 Å². The molecule has 0 aromatic heterocycles. The van der Waals surface area contributed by atoms with E-state index in [0.717, 1.165) is 23.4 Å². The van der Waals surface area contributed by atoms with Gasteiger partial charge < -0.3 is 15.3 Å². The van der Waals surface area contributed by atoms with E-state index in [1.807, 2.05) is 0 Å². The number of hydrogen-bond donors (Lipinski definition) is 2. The van der Waals surface area contributed by atoms with Crippen LogP contribution in [0.25, 0.3) is 0 Å². The zero-order chi connectivity index (χ0) is 19.8. The minimum atomic E-state index is -1.71. The van der Waals surface area contributed by atoms with Gasteiger partial charge in [0.1, 0.15) is 5.82 Å². The third kappa shape index (κ3) is 3.40. The predicted octanol–water partition coefficient (Wildman–Crippen LogP) is 2.46. The Morgan fingerprint density at radius 1 is 1.15 bits per heavy atom. The summed E-state index contributed by atoms with van der Waals surface area (Å²) < 4.78 is 13.2. The first-order valence-electron chi connectivity index (χ1n) is 8.44. The van der Waals surface area contributed by atoms with Crippen molar-refractivity contribution in [2.75, 3.05) is 11.9 Å². The van der Waals surface area contributed by atoms with Crippen molar-refractivity contribution in [2.45, 2.75) is 25.3 Å². The van der Waals surface area contributed by atoms with Crippen LogP contribution in [0.15, 0.2) is 42.5 Å². The van der Waals surface area contributed by atoms with Crippen LogP contribution >= 0.6 is 0 Å². The molecule has 0 saturated carbocycles. The predicted molar refractivity (Wildman–Crippen MR) is 97.0 cm³/mol. The van der Waals surface area contributed by atoms with Gasteiger partial charge in [-0.1, -0.05) is 12.1 Å². The maximum atomic E-state index is 13.2. The van der Waals surface area contributed by atoms with Gasteiger partial charge in [-0.3, -0.25) is 9.59 Å². The number of aliphatic carboxylic acids is 1. The van der Waals surface area contributed by atoms with E-state index >= 15 is 0 Å². The molecule has 0 radical (unpaired) electrons. The summed E-state index contributed by atoms with van der Waals surface area (Å²) in [5.41, 5.74) is 0.429. The van der Waals surface area contributed by atoms with Crippen LogP contribution in [0.2, 0.25) is 0 Å². The lowest BCUT2D eigenvalue weighted by Gasteiger charge is -2.28. The zero-order valence-corrected chi connectivity index (χ0v) is 15.0. The van der Waals surface area contributed by atoms with Gasteiger partial charge in [0, 0.05) is 24.7 Å². The Balaban J connectivity index is 1.90. The SMILES string of the molecule is CN1C(=O)CCc2cc(C(=O)NC(C)(C(=O)O)c3ccc(F)cc3)ccc21. The third-order valence-electron chi connectivity index (χ3n) is 4.90. The molecule has 7 heteroatoms. The number of aryl methyl sites for hydroxylation is 1. The number of carbonyl (C=O) groups excluding carboxylic acids is 2. The summed E-state index contributed by atoms with van der Waals surface area (Å²) in [5, 5.41) is 12.2. The molecule has 0 spiro atoms. The average Bonchev–Trinajstić information content (AvgIpc) is 2.64. The molecule has 1 heterocycles. The molecule has 0 fully saturated rings. The standard InChI is InChI=1S/C20H19FN2O4/c1-20(19(26)27,14-5-7-15(21)8-6-14)22-18(25)13-3-9-16-12(11-13)4-10-17(24)23(16)2/h3,5-9,11H,4,10H2,1-2H3,(H,22,25)(H,26,27). The van der Waals surface area contributed by atoms with E-state index in [2.05, 4.69) is 5.32 Å². The number of anilines is 1. The second-order valence-electron chi connectivity index (χ2n) is 6.69. The summed E-state index contributed by atoms with van der Waals surface area (Å²) >= 11 is 0. The van der Waals surface area contributed by atoms with Gasteiger partial charge in [-0.25, -0.2) is 9.18 Å². The van der Waals surface area contributed by atoms with Crippen LogP contribution in [0.3, 0.4) is 0 Å². The van der Waals surface area contributed by atoms with Crippen molar-refractivity contribution in [3.05, 3.63) is 65.0 Å². The normalized spacial score (nSPS) is 15.7. The minimum Gasteiger partial charge on any atom is -0.479 e. The molecule has 2 amide bonds. The molecule has 0 bridgehead atoms. The smallest absolute Gasteiger partial charge is 0.333 e. The highest BCUT2D eigenvalue weighted by Gasteiger charge is 2.37. The molecule has 1 atom stereocenters. The van der Waals surface area contributed by atoms with Crippen LogP contribution < -0.4 is 10.2 Å². The Morgan fingerprint density at radius 3 is 2.44 bits per heavy atom.